The van der Waals surface area contributed by atoms with Crippen molar-refractivity contribution in [2.75, 3.05) is 6.16 Å². The summed E-state index contributed by atoms with van der Waals surface area (Å²) in [6.07, 6.45) is 1.17. The van der Waals surface area contributed by atoms with Gasteiger partial charge in [0.05, 0.1) is 0 Å². The Hall–Kier alpha value is 1.17. The van der Waals surface area contributed by atoms with Crippen molar-refractivity contribution >= 4 is 9.24 Å². The first-order chi connectivity index (χ1) is 1.41. The summed E-state index contributed by atoms with van der Waals surface area (Å²) < 4.78 is 0. The number of hydrogen-bond acceptors (Lipinski definition) is 0. The van der Waals surface area contributed by atoms with Gasteiger partial charge >= 0.3 is 0 Å². The van der Waals surface area contributed by atoms with Crippen molar-refractivity contribution in [2.45, 2.75) is 6.92 Å². The third-order valence-corrected chi connectivity index (χ3v) is 0. The van der Waals surface area contributed by atoms with E-state index in [0.29, 0.717) is 0 Å². The molecule has 0 aliphatic heterocycles. The Morgan fingerprint density at radius 2 is 1.75 bits per heavy atom. The molecule has 31 valence electrons. The van der Waals surface area contributed by atoms with E-state index in [4.69, 9.17) is 0 Å². The van der Waals surface area contributed by atoms with Crippen LogP contribution in [-0.2, 0) is 22.4 Å². The van der Waals surface area contributed by atoms with Crippen LogP contribution in [-0.4, -0.2) is 6.16 Å². The Morgan fingerprint density at radius 1 is 1.75 bits per heavy atom. The summed E-state index contributed by atoms with van der Waals surface area (Å²) in [6.45, 7) is 2.09. The first-order valence-electron chi connectivity index (χ1n) is 1.12. The SMILES string of the molecule is CCP.[Au]. The van der Waals surface area contributed by atoms with Crippen LogP contribution in [0.1, 0.15) is 6.92 Å². The molecular formula is C2H7AuP. The fourth-order valence-corrected chi connectivity index (χ4v) is 0. The van der Waals surface area contributed by atoms with Gasteiger partial charge in [0, 0.05) is 22.4 Å². The molecule has 1 radical (unpaired) electrons. The van der Waals surface area contributed by atoms with Crippen molar-refractivity contribution in [1.82, 2.24) is 0 Å². The Morgan fingerprint density at radius 3 is 1.75 bits per heavy atom. The maximum Gasteiger partial charge on any atom is 0 e. The summed E-state index contributed by atoms with van der Waals surface area (Å²) in [7, 11) is 2.58. The van der Waals surface area contributed by atoms with Gasteiger partial charge < -0.3 is 0 Å². The van der Waals surface area contributed by atoms with E-state index in [1.54, 1.807) is 0 Å². The summed E-state index contributed by atoms with van der Waals surface area (Å²) in [5.74, 6) is 0. The van der Waals surface area contributed by atoms with Crippen LogP contribution in [0.4, 0.5) is 0 Å². The first kappa shape index (κ1) is 8.95. The van der Waals surface area contributed by atoms with Gasteiger partial charge in [-0.25, -0.2) is 0 Å². The first-order valence-corrected chi connectivity index (χ1v) is 1.93. The predicted octanol–water partition coefficient (Wildman–Crippen LogP) is 0.879. The summed E-state index contributed by atoms with van der Waals surface area (Å²) in [5.41, 5.74) is 0. The Labute approximate surface area is 45.1 Å². The van der Waals surface area contributed by atoms with Gasteiger partial charge in [-0.3, -0.25) is 0 Å². The van der Waals surface area contributed by atoms with Gasteiger partial charge in [-0.2, -0.15) is 0 Å². The van der Waals surface area contributed by atoms with E-state index in [2.05, 4.69) is 16.2 Å². The van der Waals surface area contributed by atoms with Gasteiger partial charge in [-0.05, 0) is 6.16 Å². The van der Waals surface area contributed by atoms with Crippen LogP contribution >= 0.6 is 9.24 Å². The Balaban J connectivity index is 0. The molecule has 2 heteroatoms. The molecule has 4 heavy (non-hydrogen) atoms. The van der Waals surface area contributed by atoms with Crippen LogP contribution in [0.25, 0.3) is 0 Å². The molecule has 1 atom stereocenters. The van der Waals surface area contributed by atoms with E-state index in [1.807, 2.05) is 0 Å². The molecule has 0 nitrogen and oxygen atoms in total. The van der Waals surface area contributed by atoms with Crippen molar-refractivity contribution in [3.05, 3.63) is 0 Å². The van der Waals surface area contributed by atoms with Crippen LogP contribution in [0.5, 0.6) is 0 Å². The van der Waals surface area contributed by atoms with Crippen molar-refractivity contribution < 1.29 is 22.4 Å². The topological polar surface area (TPSA) is 0 Å². The fraction of sp³-hybridized carbons (Fsp3) is 1.00. The number of rotatable bonds is 0. The Kier molecular flexibility index (Phi) is 19.9. The monoisotopic (exact) mass is 259 g/mol. The van der Waals surface area contributed by atoms with E-state index in [0.717, 1.165) is 0 Å². The minimum absolute atomic E-state index is 0. The fourth-order valence-electron chi connectivity index (χ4n) is 0. The van der Waals surface area contributed by atoms with Crippen LogP contribution in [0.15, 0.2) is 0 Å². The van der Waals surface area contributed by atoms with Crippen LogP contribution < -0.4 is 0 Å². The van der Waals surface area contributed by atoms with Gasteiger partial charge in [0.1, 0.15) is 0 Å². The van der Waals surface area contributed by atoms with E-state index in [1.165, 1.54) is 6.16 Å². The van der Waals surface area contributed by atoms with Crippen molar-refractivity contribution in [2.24, 2.45) is 0 Å². The van der Waals surface area contributed by atoms with Crippen LogP contribution in [0, 0.1) is 0 Å². The van der Waals surface area contributed by atoms with E-state index < -0.39 is 0 Å². The molecule has 0 aliphatic carbocycles. The maximum atomic E-state index is 2.58. The minimum Gasteiger partial charge on any atom is -0.138 e. The largest absolute Gasteiger partial charge is 0.138 e. The summed E-state index contributed by atoms with van der Waals surface area (Å²) >= 11 is 0. The van der Waals surface area contributed by atoms with Crippen molar-refractivity contribution in [1.29, 1.82) is 0 Å². The Bertz CT molecular complexity index is 6.00. The summed E-state index contributed by atoms with van der Waals surface area (Å²) in [5, 5.41) is 0. The van der Waals surface area contributed by atoms with Gasteiger partial charge in [0.2, 0.25) is 0 Å². The predicted molar refractivity (Wildman–Crippen MR) is 20.3 cm³/mol. The smallest absolute Gasteiger partial charge is 0 e. The van der Waals surface area contributed by atoms with Crippen LogP contribution in [0.3, 0.4) is 0 Å². The molecule has 0 bridgehead atoms. The molecule has 0 rings (SSSR count). The standard InChI is InChI=1S/C2H7P.Au/c1-2-3;/h2-3H2,1H3;. The molecule has 0 aromatic rings. The molecule has 0 saturated carbocycles. The van der Waals surface area contributed by atoms with Crippen molar-refractivity contribution in [3.63, 3.8) is 0 Å². The third kappa shape index (κ3) is 10.9. The molecule has 1 unspecified atom stereocenters. The molecule has 0 aromatic heterocycles. The number of hydrogen-bond donors (Lipinski definition) is 0. The molecule has 0 heterocycles. The third-order valence-electron chi connectivity index (χ3n) is 0. The quantitative estimate of drug-likeness (QED) is 0.447. The second kappa shape index (κ2) is 8.90. The minimum atomic E-state index is 0. The van der Waals surface area contributed by atoms with Gasteiger partial charge in [-0.15, -0.1) is 9.24 Å². The van der Waals surface area contributed by atoms with Crippen LogP contribution in [0.2, 0.25) is 0 Å². The molecule has 0 aromatic carbocycles. The molecular weight excluding hydrogens is 252 g/mol. The summed E-state index contributed by atoms with van der Waals surface area (Å²) in [6, 6.07) is 0. The second-order valence-corrected chi connectivity index (χ2v) is 1.22. The second-order valence-electron chi connectivity index (χ2n) is 0.408. The summed E-state index contributed by atoms with van der Waals surface area (Å²) in [4.78, 5) is 0. The van der Waals surface area contributed by atoms with Gasteiger partial charge in [0.25, 0.3) is 0 Å². The van der Waals surface area contributed by atoms with Crippen molar-refractivity contribution in [3.8, 4) is 0 Å². The molecule has 0 fully saturated rings. The maximum absolute atomic E-state index is 2.58. The molecule has 0 N–H and O–H groups in total. The van der Waals surface area contributed by atoms with Gasteiger partial charge in [-0.1, -0.05) is 6.92 Å². The zero-order chi connectivity index (χ0) is 2.71. The normalized spacial score (nSPS) is 4.50. The van der Waals surface area contributed by atoms with E-state index in [9.17, 15) is 0 Å². The average Bonchev–Trinajstić information content (AvgIpc) is 0.918. The van der Waals surface area contributed by atoms with E-state index >= 15 is 0 Å². The zero-order valence-electron chi connectivity index (χ0n) is 2.59. The molecule has 0 saturated heterocycles. The molecule has 0 spiro atoms. The molecule has 0 aliphatic rings. The molecule has 0 amide bonds. The van der Waals surface area contributed by atoms with Gasteiger partial charge in [0.15, 0.2) is 0 Å². The zero-order valence-corrected chi connectivity index (χ0v) is 5.91. The average molecular weight is 259 g/mol. The van der Waals surface area contributed by atoms with E-state index in [-0.39, 0.29) is 22.4 Å².